The Morgan fingerprint density at radius 2 is 1.94 bits per heavy atom. The van der Waals surface area contributed by atoms with E-state index in [1.54, 1.807) is 10.8 Å². The van der Waals surface area contributed by atoms with Gasteiger partial charge in [-0.05, 0) is 40.7 Å². The molecule has 4 heteroatoms. The fraction of sp³-hybridized carbons (Fsp3) is 0.538. The molecular formula is C13H20N2O2. The maximum Gasteiger partial charge on any atom is 0.331 e. The number of ether oxygens (including phenoxy) is 1. The van der Waals surface area contributed by atoms with Gasteiger partial charge >= 0.3 is 5.97 Å². The van der Waals surface area contributed by atoms with Crippen LogP contribution in [0, 0.1) is 13.8 Å². The van der Waals surface area contributed by atoms with Crippen LogP contribution in [0.5, 0.6) is 0 Å². The maximum atomic E-state index is 11.5. The number of rotatable bonds is 2. The van der Waals surface area contributed by atoms with E-state index in [0.29, 0.717) is 0 Å². The molecule has 0 N–H and O–H groups in total. The van der Waals surface area contributed by atoms with Gasteiger partial charge in [-0.2, -0.15) is 5.10 Å². The van der Waals surface area contributed by atoms with E-state index >= 15 is 0 Å². The second-order valence-corrected chi connectivity index (χ2v) is 5.07. The number of aryl methyl sites for hydroxylation is 2. The Hall–Kier alpha value is -1.58. The first-order chi connectivity index (χ1) is 7.70. The van der Waals surface area contributed by atoms with Crippen molar-refractivity contribution in [1.82, 2.24) is 9.78 Å². The Kier molecular flexibility index (Phi) is 3.76. The fourth-order valence-corrected chi connectivity index (χ4v) is 1.52. The first kappa shape index (κ1) is 13.5. The third-order valence-corrected chi connectivity index (χ3v) is 2.36. The van der Waals surface area contributed by atoms with Crippen LogP contribution < -0.4 is 0 Å². The number of esters is 1. The molecule has 0 atom stereocenters. The highest BCUT2D eigenvalue weighted by Crippen LogP contribution is 2.14. The lowest BCUT2D eigenvalue weighted by molar-refractivity contribution is -0.148. The molecule has 0 spiro atoms. The molecule has 1 aromatic heterocycles. The Bertz CT molecular complexity index is 451. The molecule has 0 aliphatic rings. The molecule has 0 radical (unpaired) electrons. The Morgan fingerprint density at radius 1 is 1.35 bits per heavy atom. The van der Waals surface area contributed by atoms with E-state index in [1.807, 2.05) is 41.7 Å². The van der Waals surface area contributed by atoms with Crippen molar-refractivity contribution in [3.05, 3.63) is 23.0 Å². The molecule has 0 aliphatic carbocycles. The lowest BCUT2D eigenvalue weighted by atomic mass is 10.2. The van der Waals surface area contributed by atoms with E-state index < -0.39 is 5.60 Å². The summed E-state index contributed by atoms with van der Waals surface area (Å²) in [5.41, 5.74) is 2.45. The summed E-state index contributed by atoms with van der Waals surface area (Å²) < 4.78 is 6.99. The summed E-state index contributed by atoms with van der Waals surface area (Å²) in [6.07, 6.45) is 3.20. The van der Waals surface area contributed by atoms with Gasteiger partial charge in [0.25, 0.3) is 0 Å². The van der Waals surface area contributed by atoms with Gasteiger partial charge < -0.3 is 4.74 Å². The van der Waals surface area contributed by atoms with Gasteiger partial charge in [0.1, 0.15) is 5.60 Å². The van der Waals surface area contributed by atoms with Crippen molar-refractivity contribution in [2.45, 2.75) is 40.2 Å². The van der Waals surface area contributed by atoms with Gasteiger partial charge in [0.05, 0.1) is 5.69 Å². The normalized spacial score (nSPS) is 12.1. The number of hydrogen-bond acceptors (Lipinski definition) is 3. The van der Waals surface area contributed by atoms with E-state index in [9.17, 15) is 4.79 Å². The molecule has 1 heterocycles. The molecule has 0 unspecified atom stereocenters. The number of aromatic nitrogens is 2. The summed E-state index contributed by atoms with van der Waals surface area (Å²) >= 11 is 0. The smallest absolute Gasteiger partial charge is 0.331 e. The van der Waals surface area contributed by atoms with E-state index in [-0.39, 0.29) is 5.97 Å². The van der Waals surface area contributed by atoms with Crippen LogP contribution in [0.25, 0.3) is 6.08 Å². The highest BCUT2D eigenvalue weighted by Gasteiger charge is 2.14. The number of carbonyl (C=O) groups is 1. The van der Waals surface area contributed by atoms with E-state index in [4.69, 9.17) is 4.74 Å². The van der Waals surface area contributed by atoms with E-state index in [0.717, 1.165) is 17.0 Å². The highest BCUT2D eigenvalue weighted by molar-refractivity contribution is 5.87. The zero-order chi connectivity index (χ0) is 13.2. The molecule has 0 saturated heterocycles. The summed E-state index contributed by atoms with van der Waals surface area (Å²) in [7, 11) is 1.88. The zero-order valence-electron chi connectivity index (χ0n) is 11.4. The number of hydrogen-bond donors (Lipinski definition) is 0. The van der Waals surface area contributed by atoms with Gasteiger partial charge in [-0.3, -0.25) is 4.68 Å². The summed E-state index contributed by atoms with van der Waals surface area (Å²) in [4.78, 5) is 11.5. The minimum Gasteiger partial charge on any atom is -0.457 e. The largest absolute Gasteiger partial charge is 0.457 e. The molecule has 0 aliphatic heterocycles. The fourth-order valence-electron chi connectivity index (χ4n) is 1.52. The molecule has 1 aromatic rings. The summed E-state index contributed by atoms with van der Waals surface area (Å²) in [6, 6.07) is 0. The van der Waals surface area contributed by atoms with Gasteiger partial charge in [-0.15, -0.1) is 0 Å². The predicted molar refractivity (Wildman–Crippen MR) is 67.6 cm³/mol. The standard InChI is InChI=1S/C13H20N2O2/c1-9-11(10(2)15(6)14-9)7-8-12(16)17-13(3,4)5/h7-8H,1-6H3. The van der Waals surface area contributed by atoms with Gasteiger partial charge in [0.2, 0.25) is 0 Å². The molecule has 0 fully saturated rings. The molecule has 0 amide bonds. The molecule has 0 bridgehead atoms. The van der Waals surface area contributed by atoms with Crippen molar-refractivity contribution in [2.24, 2.45) is 7.05 Å². The summed E-state index contributed by atoms with van der Waals surface area (Å²) in [6.45, 7) is 9.43. The lowest BCUT2D eigenvalue weighted by Crippen LogP contribution is -2.22. The minimum absolute atomic E-state index is 0.333. The van der Waals surface area contributed by atoms with Gasteiger partial charge in [0.15, 0.2) is 0 Å². The van der Waals surface area contributed by atoms with Crippen LogP contribution in [0.2, 0.25) is 0 Å². The van der Waals surface area contributed by atoms with Crippen LogP contribution in [0.4, 0.5) is 0 Å². The Balaban J connectivity index is 2.81. The van der Waals surface area contributed by atoms with E-state index in [1.165, 1.54) is 6.08 Å². The van der Waals surface area contributed by atoms with Crippen LogP contribution in [0.1, 0.15) is 37.7 Å². The van der Waals surface area contributed by atoms with Crippen molar-refractivity contribution in [3.8, 4) is 0 Å². The van der Waals surface area contributed by atoms with E-state index in [2.05, 4.69) is 5.10 Å². The van der Waals surface area contributed by atoms with Crippen LogP contribution in [0.15, 0.2) is 6.08 Å². The molecule has 0 saturated carbocycles. The van der Waals surface area contributed by atoms with Crippen molar-refractivity contribution in [1.29, 1.82) is 0 Å². The average molecular weight is 236 g/mol. The van der Waals surface area contributed by atoms with Crippen LogP contribution >= 0.6 is 0 Å². The second-order valence-electron chi connectivity index (χ2n) is 5.07. The Morgan fingerprint density at radius 3 is 2.35 bits per heavy atom. The van der Waals surface area contributed by atoms with Crippen LogP contribution in [0.3, 0.4) is 0 Å². The minimum atomic E-state index is -0.458. The number of nitrogens with zero attached hydrogens (tertiary/aromatic N) is 2. The number of carbonyl (C=O) groups excluding carboxylic acids is 1. The summed E-state index contributed by atoms with van der Waals surface area (Å²) in [5.74, 6) is -0.333. The van der Waals surface area contributed by atoms with Crippen molar-refractivity contribution >= 4 is 12.0 Å². The van der Waals surface area contributed by atoms with Crippen molar-refractivity contribution < 1.29 is 9.53 Å². The van der Waals surface area contributed by atoms with Gasteiger partial charge in [0, 0.05) is 24.4 Å². The second kappa shape index (κ2) is 4.73. The van der Waals surface area contributed by atoms with Crippen LogP contribution in [-0.4, -0.2) is 21.4 Å². The first-order valence-corrected chi connectivity index (χ1v) is 5.62. The average Bonchev–Trinajstić information content (AvgIpc) is 2.36. The maximum absolute atomic E-state index is 11.5. The Labute approximate surface area is 102 Å². The predicted octanol–water partition coefficient (Wildman–Crippen LogP) is 2.39. The van der Waals surface area contributed by atoms with Crippen LogP contribution in [-0.2, 0) is 16.6 Å². The van der Waals surface area contributed by atoms with Crippen molar-refractivity contribution in [3.63, 3.8) is 0 Å². The molecular weight excluding hydrogens is 216 g/mol. The summed E-state index contributed by atoms with van der Waals surface area (Å²) in [5, 5.41) is 4.28. The quantitative estimate of drug-likeness (QED) is 0.585. The highest BCUT2D eigenvalue weighted by atomic mass is 16.6. The molecule has 0 aromatic carbocycles. The van der Waals surface area contributed by atoms with Gasteiger partial charge in [-0.25, -0.2) is 4.79 Å². The third-order valence-electron chi connectivity index (χ3n) is 2.36. The first-order valence-electron chi connectivity index (χ1n) is 5.62. The molecule has 17 heavy (non-hydrogen) atoms. The molecule has 94 valence electrons. The third kappa shape index (κ3) is 3.73. The topological polar surface area (TPSA) is 44.1 Å². The van der Waals surface area contributed by atoms with Gasteiger partial charge in [-0.1, -0.05) is 0 Å². The zero-order valence-corrected chi connectivity index (χ0v) is 11.4. The molecule has 4 nitrogen and oxygen atoms in total. The molecule has 1 rings (SSSR count). The monoisotopic (exact) mass is 236 g/mol. The lowest BCUT2D eigenvalue weighted by Gasteiger charge is -2.17. The SMILES string of the molecule is Cc1nn(C)c(C)c1C=CC(=O)OC(C)(C)C. The van der Waals surface area contributed by atoms with Crippen molar-refractivity contribution in [2.75, 3.05) is 0 Å².